The molecule has 0 unspecified atom stereocenters. The van der Waals surface area contributed by atoms with Crippen LogP contribution in [0.5, 0.6) is 0 Å². The fourth-order valence-corrected chi connectivity index (χ4v) is 3.44. The van der Waals surface area contributed by atoms with Gasteiger partial charge in [-0.3, -0.25) is 9.59 Å². The Morgan fingerprint density at radius 2 is 1.73 bits per heavy atom. The molecule has 0 aromatic heterocycles. The molecule has 0 radical (unpaired) electrons. The minimum atomic E-state index is -0.398. The van der Waals surface area contributed by atoms with Gasteiger partial charge in [-0.2, -0.15) is 0 Å². The van der Waals surface area contributed by atoms with Gasteiger partial charge < -0.3 is 9.80 Å². The summed E-state index contributed by atoms with van der Waals surface area (Å²) in [4.78, 5) is 28.0. The van der Waals surface area contributed by atoms with Crippen LogP contribution in [0.2, 0.25) is 5.02 Å². The third kappa shape index (κ3) is 4.05. The van der Waals surface area contributed by atoms with E-state index in [1.165, 1.54) is 12.1 Å². The van der Waals surface area contributed by atoms with Crippen molar-refractivity contribution in [1.29, 1.82) is 0 Å². The lowest BCUT2D eigenvalue weighted by atomic mass is 10.0. The third-order valence-electron chi connectivity index (χ3n) is 4.58. The first-order valence-electron chi connectivity index (χ1n) is 8.56. The highest BCUT2D eigenvalue weighted by Crippen LogP contribution is 2.29. The number of halogens is 2. The molecule has 0 saturated carbocycles. The molecule has 0 spiro atoms. The number of carbonyl (C=O) groups is 2. The second kappa shape index (κ2) is 7.87. The van der Waals surface area contributed by atoms with Crippen LogP contribution in [0, 0.1) is 5.82 Å². The molecule has 26 heavy (non-hydrogen) atoms. The van der Waals surface area contributed by atoms with Gasteiger partial charge in [-0.15, -0.1) is 0 Å². The minimum Gasteiger partial charge on any atom is -0.341 e. The average Bonchev–Trinajstić information content (AvgIpc) is 2.87. The lowest BCUT2D eigenvalue weighted by Gasteiger charge is -2.21. The molecular weight excluding hydrogens is 355 g/mol. The van der Waals surface area contributed by atoms with Crippen LogP contribution >= 0.6 is 11.6 Å². The van der Waals surface area contributed by atoms with Gasteiger partial charge in [0.25, 0.3) is 5.91 Å². The molecule has 0 bridgehead atoms. The summed E-state index contributed by atoms with van der Waals surface area (Å²) in [6.45, 7) is 3.90. The van der Waals surface area contributed by atoms with Crippen LogP contribution in [0.1, 0.15) is 23.7 Å². The largest absolute Gasteiger partial charge is 0.341 e. The summed E-state index contributed by atoms with van der Waals surface area (Å²) < 4.78 is 13.3. The van der Waals surface area contributed by atoms with Crippen molar-refractivity contribution in [1.82, 2.24) is 9.80 Å². The highest BCUT2D eigenvalue weighted by atomic mass is 35.5. The first-order chi connectivity index (χ1) is 12.5. The van der Waals surface area contributed by atoms with Gasteiger partial charge in [-0.1, -0.05) is 23.7 Å². The number of hydrogen-bond donors (Lipinski definition) is 0. The van der Waals surface area contributed by atoms with E-state index < -0.39 is 5.82 Å². The number of rotatable bonds is 2. The standard InChI is InChI=1S/C20H20ClFN2O2/c1-14(25)23-8-3-9-24(11-10-23)20(26)16-5-2-4-15(12-16)18-7-6-17(22)13-19(18)21/h2,4-7,12-13H,3,8-11H2,1H3. The monoisotopic (exact) mass is 374 g/mol. The SMILES string of the molecule is CC(=O)N1CCCN(C(=O)c2cccc(-c3ccc(F)cc3Cl)c2)CC1. The number of hydrogen-bond acceptors (Lipinski definition) is 2. The Morgan fingerprint density at radius 3 is 2.46 bits per heavy atom. The highest BCUT2D eigenvalue weighted by Gasteiger charge is 2.21. The molecule has 4 nitrogen and oxygen atoms in total. The third-order valence-corrected chi connectivity index (χ3v) is 4.89. The van der Waals surface area contributed by atoms with Gasteiger partial charge >= 0.3 is 0 Å². The molecule has 1 fully saturated rings. The summed E-state index contributed by atoms with van der Waals surface area (Å²) in [5.41, 5.74) is 2.00. The molecule has 2 amide bonds. The van der Waals surface area contributed by atoms with Crippen LogP contribution in [-0.4, -0.2) is 47.8 Å². The van der Waals surface area contributed by atoms with Crippen LogP contribution in [0.4, 0.5) is 4.39 Å². The molecule has 2 aromatic rings. The Hall–Kier alpha value is -2.40. The Morgan fingerprint density at radius 1 is 1.00 bits per heavy atom. The molecule has 0 aliphatic carbocycles. The lowest BCUT2D eigenvalue weighted by molar-refractivity contribution is -0.128. The van der Waals surface area contributed by atoms with Gasteiger partial charge in [-0.25, -0.2) is 4.39 Å². The highest BCUT2D eigenvalue weighted by molar-refractivity contribution is 6.33. The fourth-order valence-electron chi connectivity index (χ4n) is 3.16. The van der Waals surface area contributed by atoms with Crippen molar-refractivity contribution in [2.24, 2.45) is 0 Å². The van der Waals surface area contributed by atoms with Crippen molar-refractivity contribution < 1.29 is 14.0 Å². The van der Waals surface area contributed by atoms with Gasteiger partial charge in [0, 0.05) is 44.2 Å². The molecule has 6 heteroatoms. The van der Waals surface area contributed by atoms with Crippen molar-refractivity contribution in [2.45, 2.75) is 13.3 Å². The summed E-state index contributed by atoms with van der Waals surface area (Å²) in [7, 11) is 0. The van der Waals surface area contributed by atoms with E-state index >= 15 is 0 Å². The lowest BCUT2D eigenvalue weighted by Crippen LogP contribution is -2.36. The molecule has 2 aromatic carbocycles. The number of amides is 2. The van der Waals surface area contributed by atoms with E-state index in [1.54, 1.807) is 41.0 Å². The van der Waals surface area contributed by atoms with Crippen molar-refractivity contribution in [3.63, 3.8) is 0 Å². The normalized spacial score (nSPS) is 14.9. The number of nitrogens with zero attached hydrogens (tertiary/aromatic N) is 2. The molecule has 1 aliphatic rings. The van der Waals surface area contributed by atoms with E-state index in [1.807, 2.05) is 6.07 Å². The Bertz CT molecular complexity index is 840. The number of benzene rings is 2. The first kappa shape index (κ1) is 18.4. The Balaban J connectivity index is 1.81. The summed E-state index contributed by atoms with van der Waals surface area (Å²) >= 11 is 6.14. The summed E-state index contributed by atoms with van der Waals surface area (Å²) in [5.74, 6) is -0.437. The zero-order chi connectivity index (χ0) is 18.7. The van der Waals surface area contributed by atoms with Crippen molar-refractivity contribution in [2.75, 3.05) is 26.2 Å². The summed E-state index contributed by atoms with van der Waals surface area (Å²) in [6, 6.07) is 11.4. The van der Waals surface area contributed by atoms with Gasteiger partial charge in [0.1, 0.15) is 5.82 Å². The van der Waals surface area contributed by atoms with E-state index in [9.17, 15) is 14.0 Å². The van der Waals surface area contributed by atoms with Crippen LogP contribution < -0.4 is 0 Å². The van der Waals surface area contributed by atoms with Gasteiger partial charge in [0.2, 0.25) is 5.91 Å². The van der Waals surface area contributed by atoms with E-state index in [2.05, 4.69) is 0 Å². The topological polar surface area (TPSA) is 40.6 Å². The summed E-state index contributed by atoms with van der Waals surface area (Å²) in [6.07, 6.45) is 0.759. The molecule has 136 valence electrons. The van der Waals surface area contributed by atoms with Crippen molar-refractivity contribution in [3.05, 3.63) is 58.9 Å². The quantitative estimate of drug-likeness (QED) is 0.801. The molecular formula is C20H20ClFN2O2. The molecule has 0 atom stereocenters. The first-order valence-corrected chi connectivity index (χ1v) is 8.94. The molecule has 1 heterocycles. The average molecular weight is 375 g/mol. The minimum absolute atomic E-state index is 0.0345. The van der Waals surface area contributed by atoms with E-state index in [0.717, 1.165) is 12.0 Å². The van der Waals surface area contributed by atoms with Crippen LogP contribution in [0.15, 0.2) is 42.5 Å². The predicted molar refractivity (Wildman–Crippen MR) is 99.6 cm³/mol. The predicted octanol–water partition coefficient (Wildman–Crippen LogP) is 3.84. The number of carbonyl (C=O) groups excluding carboxylic acids is 2. The molecule has 1 aliphatic heterocycles. The zero-order valence-electron chi connectivity index (χ0n) is 14.5. The Labute approximate surface area is 157 Å². The second-order valence-electron chi connectivity index (χ2n) is 6.36. The molecule has 1 saturated heterocycles. The maximum atomic E-state index is 13.3. The van der Waals surface area contributed by atoms with Crippen molar-refractivity contribution in [3.8, 4) is 11.1 Å². The zero-order valence-corrected chi connectivity index (χ0v) is 15.3. The molecule has 0 N–H and O–H groups in total. The molecule has 3 rings (SSSR count). The van der Waals surface area contributed by atoms with Gasteiger partial charge in [0.15, 0.2) is 0 Å². The maximum absolute atomic E-state index is 13.3. The van der Waals surface area contributed by atoms with Crippen LogP contribution in [-0.2, 0) is 4.79 Å². The van der Waals surface area contributed by atoms with Crippen LogP contribution in [0.25, 0.3) is 11.1 Å². The summed E-state index contributed by atoms with van der Waals surface area (Å²) in [5, 5.41) is 0.307. The van der Waals surface area contributed by atoms with Crippen molar-refractivity contribution >= 4 is 23.4 Å². The van der Waals surface area contributed by atoms with Crippen LogP contribution in [0.3, 0.4) is 0 Å². The smallest absolute Gasteiger partial charge is 0.253 e. The maximum Gasteiger partial charge on any atom is 0.253 e. The Kier molecular flexibility index (Phi) is 5.57. The van der Waals surface area contributed by atoms with Gasteiger partial charge in [0.05, 0.1) is 5.02 Å². The van der Waals surface area contributed by atoms with E-state index in [4.69, 9.17) is 11.6 Å². The fraction of sp³-hybridized carbons (Fsp3) is 0.300. The van der Waals surface area contributed by atoms with E-state index in [0.29, 0.717) is 42.3 Å². The second-order valence-corrected chi connectivity index (χ2v) is 6.76. The van der Waals surface area contributed by atoms with E-state index in [-0.39, 0.29) is 11.8 Å². The van der Waals surface area contributed by atoms with Gasteiger partial charge in [-0.05, 0) is 42.3 Å².